The Labute approximate surface area is 164 Å². The van der Waals surface area contributed by atoms with E-state index in [4.69, 9.17) is 0 Å². The molecule has 0 spiro atoms. The second-order valence-electron chi connectivity index (χ2n) is 7.97. The summed E-state index contributed by atoms with van der Waals surface area (Å²) in [4.78, 5) is 15.0. The first kappa shape index (κ1) is 19.7. The van der Waals surface area contributed by atoms with E-state index in [1.807, 2.05) is 0 Å². The molecule has 0 unspecified atom stereocenters. The molecule has 1 aromatic heterocycles. The van der Waals surface area contributed by atoms with E-state index in [1.165, 1.54) is 36.9 Å². The zero-order chi connectivity index (χ0) is 18.9. The quantitative estimate of drug-likeness (QED) is 0.534. The molecule has 27 heavy (non-hydrogen) atoms. The number of carbonyl (C=O) groups excluding carboxylic acids is 1. The third-order valence-electron chi connectivity index (χ3n) is 5.85. The van der Waals surface area contributed by atoms with Crippen LogP contribution in [0.2, 0.25) is 0 Å². The highest BCUT2D eigenvalue weighted by atomic mass is 16.2. The van der Waals surface area contributed by atoms with Crippen molar-refractivity contribution in [3.63, 3.8) is 0 Å². The first-order valence-corrected chi connectivity index (χ1v) is 10.7. The van der Waals surface area contributed by atoms with Crippen LogP contribution in [-0.4, -0.2) is 21.9 Å². The standard InChI is InChI=1S/C24H34N2O/c1-2-3-17-26(24(27)16-15-21-10-7-8-11-21)20-23-14-9-18-25(23)19-22-12-5-4-6-13-22/h4-6,9,12-14,18,21H,2-3,7-8,10-11,15-17,19-20H2,1H3. The molecule has 1 heterocycles. The van der Waals surface area contributed by atoms with Crippen LogP contribution in [0.25, 0.3) is 0 Å². The van der Waals surface area contributed by atoms with Gasteiger partial charge in [-0.15, -0.1) is 0 Å². The second kappa shape index (κ2) is 10.3. The zero-order valence-electron chi connectivity index (χ0n) is 16.8. The van der Waals surface area contributed by atoms with Crippen molar-refractivity contribution >= 4 is 5.91 Å². The molecule has 1 aliphatic rings. The molecule has 146 valence electrons. The lowest BCUT2D eigenvalue weighted by molar-refractivity contribution is -0.132. The topological polar surface area (TPSA) is 25.2 Å². The zero-order valence-corrected chi connectivity index (χ0v) is 16.8. The predicted octanol–water partition coefficient (Wildman–Crippen LogP) is 5.64. The molecule has 1 fully saturated rings. The first-order chi connectivity index (χ1) is 13.3. The molecule has 1 amide bonds. The number of amides is 1. The lowest BCUT2D eigenvalue weighted by Gasteiger charge is -2.24. The van der Waals surface area contributed by atoms with E-state index in [9.17, 15) is 4.79 Å². The number of nitrogens with zero attached hydrogens (tertiary/aromatic N) is 2. The van der Waals surface area contributed by atoms with Crippen LogP contribution in [0.15, 0.2) is 48.7 Å². The van der Waals surface area contributed by atoms with E-state index in [-0.39, 0.29) is 0 Å². The highest BCUT2D eigenvalue weighted by Gasteiger charge is 2.20. The van der Waals surface area contributed by atoms with Gasteiger partial charge in [-0.1, -0.05) is 69.4 Å². The van der Waals surface area contributed by atoms with E-state index in [0.717, 1.165) is 44.8 Å². The lowest BCUT2D eigenvalue weighted by Crippen LogP contribution is -2.32. The van der Waals surface area contributed by atoms with Crippen LogP contribution in [0, 0.1) is 5.92 Å². The van der Waals surface area contributed by atoms with Crippen molar-refractivity contribution in [1.29, 1.82) is 0 Å². The predicted molar refractivity (Wildman–Crippen MR) is 111 cm³/mol. The van der Waals surface area contributed by atoms with Gasteiger partial charge in [0.25, 0.3) is 0 Å². The van der Waals surface area contributed by atoms with Crippen LogP contribution in [0.5, 0.6) is 0 Å². The van der Waals surface area contributed by atoms with Gasteiger partial charge in [-0.3, -0.25) is 4.79 Å². The fourth-order valence-corrected chi connectivity index (χ4v) is 4.15. The van der Waals surface area contributed by atoms with Crippen LogP contribution >= 0.6 is 0 Å². The molecule has 0 radical (unpaired) electrons. The van der Waals surface area contributed by atoms with Gasteiger partial charge in [0, 0.05) is 31.4 Å². The SMILES string of the molecule is CCCCN(Cc1cccn1Cc1ccccc1)C(=O)CCC1CCCC1. The number of hydrogen-bond donors (Lipinski definition) is 0. The van der Waals surface area contributed by atoms with Gasteiger partial charge in [0.2, 0.25) is 5.91 Å². The number of unbranched alkanes of at least 4 members (excludes halogenated alkanes) is 1. The minimum atomic E-state index is 0.336. The van der Waals surface area contributed by atoms with E-state index >= 15 is 0 Å². The Hall–Kier alpha value is -2.03. The largest absolute Gasteiger partial charge is 0.345 e. The fourth-order valence-electron chi connectivity index (χ4n) is 4.15. The summed E-state index contributed by atoms with van der Waals surface area (Å²) in [6, 6.07) is 14.8. The number of aromatic nitrogens is 1. The summed E-state index contributed by atoms with van der Waals surface area (Å²) < 4.78 is 2.28. The van der Waals surface area contributed by atoms with Crippen LogP contribution < -0.4 is 0 Å². The Kier molecular flexibility index (Phi) is 7.55. The molecule has 0 N–H and O–H groups in total. The minimum absolute atomic E-state index is 0.336. The summed E-state index contributed by atoms with van der Waals surface area (Å²) >= 11 is 0. The van der Waals surface area contributed by atoms with Crippen molar-refractivity contribution in [2.45, 2.75) is 71.4 Å². The molecule has 3 nitrogen and oxygen atoms in total. The highest BCUT2D eigenvalue weighted by molar-refractivity contribution is 5.76. The summed E-state index contributed by atoms with van der Waals surface area (Å²) in [5.41, 5.74) is 2.52. The molecule has 1 saturated carbocycles. The Morgan fingerprint density at radius 3 is 2.63 bits per heavy atom. The van der Waals surface area contributed by atoms with Gasteiger partial charge in [-0.2, -0.15) is 0 Å². The lowest BCUT2D eigenvalue weighted by atomic mass is 10.0. The Bertz CT molecular complexity index is 685. The maximum absolute atomic E-state index is 12.9. The van der Waals surface area contributed by atoms with Gasteiger partial charge in [0.15, 0.2) is 0 Å². The molecule has 0 bridgehead atoms. The van der Waals surface area contributed by atoms with Crippen molar-refractivity contribution in [3.05, 3.63) is 59.9 Å². The molecule has 3 heteroatoms. The van der Waals surface area contributed by atoms with Gasteiger partial charge in [0.1, 0.15) is 0 Å². The number of carbonyl (C=O) groups is 1. The Balaban J connectivity index is 1.61. The first-order valence-electron chi connectivity index (χ1n) is 10.7. The molecule has 1 aliphatic carbocycles. The molecular formula is C24H34N2O. The summed E-state index contributed by atoms with van der Waals surface area (Å²) in [6.45, 7) is 4.65. The van der Waals surface area contributed by atoms with Gasteiger partial charge in [-0.05, 0) is 36.5 Å². The van der Waals surface area contributed by atoms with Crippen LogP contribution in [0.1, 0.15) is 69.5 Å². The normalized spacial score (nSPS) is 14.6. The van der Waals surface area contributed by atoms with Gasteiger partial charge >= 0.3 is 0 Å². The maximum atomic E-state index is 12.9. The Morgan fingerprint density at radius 2 is 1.89 bits per heavy atom. The highest BCUT2D eigenvalue weighted by Crippen LogP contribution is 2.28. The average Bonchev–Trinajstić information content (AvgIpc) is 3.36. The minimum Gasteiger partial charge on any atom is -0.345 e. The molecule has 1 aromatic carbocycles. The smallest absolute Gasteiger partial charge is 0.222 e. The van der Waals surface area contributed by atoms with Crippen LogP contribution in [-0.2, 0) is 17.9 Å². The molecular weight excluding hydrogens is 332 g/mol. The van der Waals surface area contributed by atoms with Crippen molar-refractivity contribution in [1.82, 2.24) is 9.47 Å². The number of benzene rings is 1. The van der Waals surface area contributed by atoms with Gasteiger partial charge < -0.3 is 9.47 Å². The van der Waals surface area contributed by atoms with Gasteiger partial charge in [-0.25, -0.2) is 0 Å². The molecule has 0 aliphatic heterocycles. The van der Waals surface area contributed by atoms with E-state index in [2.05, 4.69) is 65.1 Å². The third-order valence-corrected chi connectivity index (χ3v) is 5.85. The van der Waals surface area contributed by atoms with Crippen molar-refractivity contribution in [3.8, 4) is 0 Å². The van der Waals surface area contributed by atoms with E-state index < -0.39 is 0 Å². The van der Waals surface area contributed by atoms with E-state index in [0.29, 0.717) is 12.3 Å². The molecule has 3 rings (SSSR count). The summed E-state index contributed by atoms with van der Waals surface area (Å²) in [5, 5.41) is 0. The summed E-state index contributed by atoms with van der Waals surface area (Å²) in [6.07, 6.45) is 11.5. The summed E-state index contributed by atoms with van der Waals surface area (Å²) in [7, 11) is 0. The van der Waals surface area contributed by atoms with Crippen molar-refractivity contribution < 1.29 is 4.79 Å². The Morgan fingerprint density at radius 1 is 1.11 bits per heavy atom. The number of hydrogen-bond acceptors (Lipinski definition) is 1. The monoisotopic (exact) mass is 366 g/mol. The second-order valence-corrected chi connectivity index (χ2v) is 7.97. The number of rotatable bonds is 10. The van der Waals surface area contributed by atoms with Crippen LogP contribution in [0.3, 0.4) is 0 Å². The maximum Gasteiger partial charge on any atom is 0.222 e. The molecule has 2 aromatic rings. The summed E-state index contributed by atoms with van der Waals surface area (Å²) in [5.74, 6) is 1.12. The van der Waals surface area contributed by atoms with Gasteiger partial charge in [0.05, 0.1) is 6.54 Å². The third kappa shape index (κ3) is 5.98. The molecule has 0 saturated heterocycles. The van der Waals surface area contributed by atoms with E-state index in [1.54, 1.807) is 0 Å². The van der Waals surface area contributed by atoms with Crippen molar-refractivity contribution in [2.24, 2.45) is 5.92 Å². The average molecular weight is 367 g/mol. The van der Waals surface area contributed by atoms with Crippen LogP contribution in [0.4, 0.5) is 0 Å². The fraction of sp³-hybridized carbons (Fsp3) is 0.542. The van der Waals surface area contributed by atoms with Crippen molar-refractivity contribution in [2.75, 3.05) is 6.54 Å². The molecule has 0 atom stereocenters.